The lowest BCUT2D eigenvalue weighted by atomic mass is 10.1. The Labute approximate surface area is 194 Å². The molecule has 3 aromatic carbocycles. The van der Waals surface area contributed by atoms with Crippen molar-refractivity contribution in [2.24, 2.45) is 10.7 Å². The van der Waals surface area contributed by atoms with Gasteiger partial charge in [0, 0.05) is 17.0 Å². The van der Waals surface area contributed by atoms with Gasteiger partial charge in [-0.15, -0.1) is 0 Å². The first-order valence-electron chi connectivity index (χ1n) is 10.5. The molecule has 4 rings (SSSR count). The van der Waals surface area contributed by atoms with Gasteiger partial charge in [0.05, 0.1) is 6.54 Å². The van der Waals surface area contributed by atoms with Crippen molar-refractivity contribution in [1.82, 2.24) is 9.88 Å². The molecule has 1 amide bonds. The number of nitrogens with two attached hydrogens (primary N) is 1. The average molecular weight is 462 g/mol. The van der Waals surface area contributed by atoms with Gasteiger partial charge in [0.15, 0.2) is 23.4 Å². The van der Waals surface area contributed by atoms with Gasteiger partial charge >= 0.3 is 0 Å². The molecule has 0 spiro atoms. The average Bonchev–Trinajstić information content (AvgIpc) is 3.26. The standard InChI is InChI=1S/C26H21F3N4O/c27-20-12-11-19(24(28)25(20)29)15-31-26(30)32-23(34)16-33-21(17-7-3-1-4-8-17)13-14-22(33)18-9-5-2-6-10-18/h1-14H,15-16H2,(H3,30,31,32,34). The zero-order valence-corrected chi connectivity index (χ0v) is 18.0. The fraction of sp³-hybridized carbons (Fsp3) is 0.0769. The molecule has 1 aromatic heterocycles. The molecular formula is C26H21F3N4O. The molecule has 5 nitrogen and oxygen atoms in total. The number of nitrogens with zero attached hydrogens (tertiary/aromatic N) is 2. The third-order valence-electron chi connectivity index (χ3n) is 5.22. The summed E-state index contributed by atoms with van der Waals surface area (Å²) in [6.07, 6.45) is 0. The smallest absolute Gasteiger partial charge is 0.246 e. The largest absolute Gasteiger partial charge is 0.370 e. The highest BCUT2D eigenvalue weighted by atomic mass is 19.2. The number of hydrogen-bond acceptors (Lipinski definition) is 2. The molecule has 1 heterocycles. The number of rotatable bonds is 6. The van der Waals surface area contributed by atoms with Crippen LogP contribution in [0.25, 0.3) is 22.5 Å². The Morgan fingerprint density at radius 3 is 1.91 bits per heavy atom. The molecular weight excluding hydrogens is 441 g/mol. The first kappa shape index (κ1) is 22.8. The predicted molar refractivity (Wildman–Crippen MR) is 125 cm³/mol. The maximum Gasteiger partial charge on any atom is 0.246 e. The van der Waals surface area contributed by atoms with E-state index in [1.165, 1.54) is 0 Å². The minimum Gasteiger partial charge on any atom is -0.370 e. The minimum absolute atomic E-state index is 0.0583. The molecule has 0 aliphatic rings. The second kappa shape index (κ2) is 10.1. The first-order valence-corrected chi connectivity index (χ1v) is 10.5. The van der Waals surface area contributed by atoms with Crippen molar-refractivity contribution in [2.45, 2.75) is 13.1 Å². The topological polar surface area (TPSA) is 72.4 Å². The van der Waals surface area contributed by atoms with E-state index >= 15 is 0 Å². The summed E-state index contributed by atoms with van der Waals surface area (Å²) < 4.78 is 42.2. The van der Waals surface area contributed by atoms with Crippen LogP contribution in [0, 0.1) is 17.5 Å². The van der Waals surface area contributed by atoms with Crippen LogP contribution in [0.2, 0.25) is 0 Å². The van der Waals surface area contributed by atoms with E-state index in [0.29, 0.717) is 0 Å². The SMILES string of the molecule is NC(=NCc1ccc(F)c(F)c1F)NC(=O)Cn1c(-c2ccccc2)ccc1-c1ccccc1. The van der Waals surface area contributed by atoms with Crippen LogP contribution in [0.3, 0.4) is 0 Å². The second-order valence-electron chi connectivity index (χ2n) is 7.51. The molecule has 0 bridgehead atoms. The Bertz CT molecular complexity index is 1280. The van der Waals surface area contributed by atoms with E-state index < -0.39 is 23.4 Å². The van der Waals surface area contributed by atoms with Gasteiger partial charge in [-0.05, 0) is 29.3 Å². The Balaban J connectivity index is 1.55. The lowest BCUT2D eigenvalue weighted by Gasteiger charge is -2.14. The fourth-order valence-electron chi connectivity index (χ4n) is 3.58. The number of amides is 1. The molecule has 172 valence electrons. The maximum absolute atomic E-state index is 13.8. The number of benzene rings is 3. The van der Waals surface area contributed by atoms with Crippen LogP contribution >= 0.6 is 0 Å². The number of aromatic nitrogens is 1. The second-order valence-corrected chi connectivity index (χ2v) is 7.51. The van der Waals surface area contributed by atoms with Crippen LogP contribution in [0.4, 0.5) is 13.2 Å². The molecule has 8 heteroatoms. The number of aliphatic imine (C=N–C) groups is 1. The van der Waals surface area contributed by atoms with Crippen molar-refractivity contribution in [2.75, 3.05) is 0 Å². The van der Waals surface area contributed by atoms with Gasteiger partial charge in [0.2, 0.25) is 5.91 Å². The van der Waals surface area contributed by atoms with Crippen molar-refractivity contribution in [3.63, 3.8) is 0 Å². The number of halogens is 3. The predicted octanol–water partition coefficient (Wildman–Crippen LogP) is 4.87. The lowest BCUT2D eigenvalue weighted by molar-refractivity contribution is -0.120. The van der Waals surface area contributed by atoms with E-state index in [1.54, 1.807) is 0 Å². The van der Waals surface area contributed by atoms with Crippen molar-refractivity contribution in [3.05, 3.63) is 108 Å². The summed E-state index contributed by atoms with van der Waals surface area (Å²) in [4.78, 5) is 16.7. The summed E-state index contributed by atoms with van der Waals surface area (Å²) in [5, 5.41) is 2.47. The fourth-order valence-corrected chi connectivity index (χ4v) is 3.58. The van der Waals surface area contributed by atoms with E-state index in [4.69, 9.17) is 5.73 Å². The Morgan fingerprint density at radius 1 is 0.794 bits per heavy atom. The van der Waals surface area contributed by atoms with Gasteiger partial charge in [0.1, 0.15) is 6.54 Å². The summed E-state index contributed by atoms with van der Waals surface area (Å²) in [6.45, 7) is -0.416. The number of nitrogens with one attached hydrogen (secondary N) is 1. The lowest BCUT2D eigenvalue weighted by Crippen LogP contribution is -2.39. The molecule has 0 radical (unpaired) electrons. The molecule has 0 unspecified atom stereocenters. The van der Waals surface area contributed by atoms with Gasteiger partial charge in [0.25, 0.3) is 0 Å². The summed E-state index contributed by atoms with van der Waals surface area (Å²) in [5.41, 5.74) is 9.16. The molecule has 0 fully saturated rings. The first-order chi connectivity index (χ1) is 16.4. The highest BCUT2D eigenvalue weighted by molar-refractivity contribution is 5.96. The van der Waals surface area contributed by atoms with Crippen LogP contribution in [-0.2, 0) is 17.9 Å². The van der Waals surface area contributed by atoms with E-state index in [9.17, 15) is 18.0 Å². The molecule has 0 saturated carbocycles. The summed E-state index contributed by atoms with van der Waals surface area (Å²) in [7, 11) is 0. The van der Waals surface area contributed by atoms with Crippen LogP contribution in [0.15, 0.2) is 89.9 Å². The Kier molecular flexibility index (Phi) is 6.77. The molecule has 34 heavy (non-hydrogen) atoms. The number of guanidine groups is 1. The molecule has 0 saturated heterocycles. The molecule has 0 aliphatic carbocycles. The third-order valence-corrected chi connectivity index (χ3v) is 5.22. The molecule has 0 atom stereocenters. The van der Waals surface area contributed by atoms with Crippen molar-refractivity contribution < 1.29 is 18.0 Å². The number of hydrogen-bond donors (Lipinski definition) is 2. The Hall–Kier alpha value is -4.33. The maximum atomic E-state index is 13.8. The highest BCUT2D eigenvalue weighted by Crippen LogP contribution is 2.29. The van der Waals surface area contributed by atoms with Crippen LogP contribution < -0.4 is 11.1 Å². The van der Waals surface area contributed by atoms with Gasteiger partial charge in [-0.3, -0.25) is 10.1 Å². The Morgan fingerprint density at radius 2 is 1.35 bits per heavy atom. The summed E-state index contributed by atoms with van der Waals surface area (Å²) >= 11 is 0. The van der Waals surface area contributed by atoms with E-state index in [1.807, 2.05) is 77.4 Å². The monoisotopic (exact) mass is 462 g/mol. The molecule has 4 aromatic rings. The number of carbonyl (C=O) groups excluding carboxylic acids is 1. The van der Waals surface area contributed by atoms with Gasteiger partial charge < -0.3 is 10.3 Å². The van der Waals surface area contributed by atoms with Crippen molar-refractivity contribution in [3.8, 4) is 22.5 Å². The van der Waals surface area contributed by atoms with Crippen molar-refractivity contribution >= 4 is 11.9 Å². The highest BCUT2D eigenvalue weighted by Gasteiger charge is 2.16. The van der Waals surface area contributed by atoms with Gasteiger partial charge in [-0.1, -0.05) is 66.7 Å². The zero-order chi connectivity index (χ0) is 24.1. The van der Waals surface area contributed by atoms with Crippen LogP contribution in [0.1, 0.15) is 5.56 Å². The van der Waals surface area contributed by atoms with E-state index in [2.05, 4.69) is 10.3 Å². The molecule has 0 aliphatic heterocycles. The normalized spacial score (nSPS) is 11.4. The summed E-state index contributed by atoms with van der Waals surface area (Å²) in [6, 6.07) is 25.0. The van der Waals surface area contributed by atoms with Crippen LogP contribution in [0.5, 0.6) is 0 Å². The van der Waals surface area contributed by atoms with E-state index in [-0.39, 0.29) is 24.6 Å². The van der Waals surface area contributed by atoms with Crippen LogP contribution in [-0.4, -0.2) is 16.4 Å². The minimum atomic E-state index is -1.58. The quantitative estimate of drug-likeness (QED) is 0.244. The van der Waals surface area contributed by atoms with Gasteiger partial charge in [-0.2, -0.15) is 0 Å². The van der Waals surface area contributed by atoms with Gasteiger partial charge in [-0.25, -0.2) is 18.2 Å². The molecule has 3 N–H and O–H groups in total. The van der Waals surface area contributed by atoms with Crippen molar-refractivity contribution in [1.29, 1.82) is 0 Å². The zero-order valence-electron chi connectivity index (χ0n) is 18.0. The third kappa shape index (κ3) is 5.01. The van der Waals surface area contributed by atoms with E-state index in [0.717, 1.165) is 34.6 Å². The number of carbonyl (C=O) groups is 1. The summed E-state index contributed by atoms with van der Waals surface area (Å²) in [5.74, 6) is -4.91.